The van der Waals surface area contributed by atoms with E-state index in [1.54, 1.807) is 69.3 Å². The molecule has 2 aromatic rings. The minimum Gasteiger partial charge on any atom is -0.451 e. The molecule has 0 aliphatic carbocycles. The Kier molecular flexibility index (Phi) is 5.60. The summed E-state index contributed by atoms with van der Waals surface area (Å²) in [7, 11) is 0. The Labute approximate surface area is 184 Å². The number of hydrogen-bond donors (Lipinski definition) is 1. The topological polar surface area (TPSA) is 74.2 Å². The van der Waals surface area contributed by atoms with Crippen LogP contribution in [-0.4, -0.2) is 41.0 Å². The van der Waals surface area contributed by atoms with E-state index in [4.69, 9.17) is 42.1 Å². The van der Waals surface area contributed by atoms with Crippen molar-refractivity contribution in [3.63, 3.8) is 0 Å². The van der Waals surface area contributed by atoms with Crippen molar-refractivity contribution in [2.45, 2.75) is 56.8 Å². The van der Waals surface area contributed by atoms with Crippen molar-refractivity contribution in [2.75, 3.05) is 0 Å². The minimum atomic E-state index is -1.51. The summed E-state index contributed by atoms with van der Waals surface area (Å²) in [4.78, 5) is 12.8. The monoisotopic (exact) mass is 452 g/mol. The highest BCUT2D eigenvalue weighted by atomic mass is 35.5. The Morgan fingerprint density at radius 3 is 2.40 bits per heavy atom. The van der Waals surface area contributed by atoms with Crippen molar-refractivity contribution < 1.29 is 28.8 Å². The highest BCUT2D eigenvalue weighted by molar-refractivity contribution is 6.42. The quantitative estimate of drug-likeness (QED) is 0.687. The van der Waals surface area contributed by atoms with Gasteiger partial charge >= 0.3 is 5.97 Å². The summed E-state index contributed by atoms with van der Waals surface area (Å²) in [5, 5.41) is 12.0. The standard InChI is InChI=1S/C22H22Cl2O6/c1-21(2)29-18-20(30-21)28-17(22(18,3)26)16(13-9-10-14(23)15(24)11-13)27-19(25)12-7-5-4-6-8-12/h4-11,16-18,20,26H,1-3H3/t16-,17-,18+,20-,22-/m1/s1. The molecular formula is C22H22Cl2O6. The number of carbonyl (C=O) groups is 1. The first-order valence-electron chi connectivity index (χ1n) is 9.53. The molecule has 4 rings (SSSR count). The maximum absolute atomic E-state index is 12.8. The molecular weight excluding hydrogens is 431 g/mol. The van der Waals surface area contributed by atoms with E-state index in [2.05, 4.69) is 0 Å². The zero-order valence-corrected chi connectivity index (χ0v) is 18.2. The average Bonchev–Trinajstić information content (AvgIpc) is 3.13. The summed E-state index contributed by atoms with van der Waals surface area (Å²) in [6.07, 6.45) is -3.50. The Morgan fingerprint density at radius 2 is 1.77 bits per heavy atom. The van der Waals surface area contributed by atoms with Crippen LogP contribution in [0.2, 0.25) is 10.0 Å². The van der Waals surface area contributed by atoms with E-state index in [0.717, 1.165) is 0 Å². The predicted molar refractivity (Wildman–Crippen MR) is 110 cm³/mol. The maximum atomic E-state index is 12.8. The number of fused-ring (bicyclic) bond motifs is 1. The Hall–Kier alpha value is -1.67. The molecule has 2 heterocycles. The number of rotatable bonds is 4. The van der Waals surface area contributed by atoms with Crippen LogP contribution in [0.1, 0.15) is 42.8 Å². The molecule has 0 amide bonds. The molecule has 5 atom stereocenters. The van der Waals surface area contributed by atoms with E-state index in [0.29, 0.717) is 21.2 Å². The molecule has 30 heavy (non-hydrogen) atoms. The summed E-state index contributed by atoms with van der Waals surface area (Å²) >= 11 is 12.2. The first kappa shape index (κ1) is 21.6. The largest absolute Gasteiger partial charge is 0.451 e. The molecule has 0 radical (unpaired) electrons. The van der Waals surface area contributed by atoms with Crippen molar-refractivity contribution in [2.24, 2.45) is 0 Å². The van der Waals surface area contributed by atoms with Crippen molar-refractivity contribution in [1.29, 1.82) is 0 Å². The van der Waals surface area contributed by atoms with E-state index in [9.17, 15) is 9.90 Å². The second-order valence-electron chi connectivity index (χ2n) is 8.07. The third-order valence-corrected chi connectivity index (χ3v) is 6.02. The van der Waals surface area contributed by atoms with Gasteiger partial charge in [0.15, 0.2) is 18.2 Å². The Bertz CT molecular complexity index is 946. The van der Waals surface area contributed by atoms with Gasteiger partial charge in [0.25, 0.3) is 0 Å². The summed E-state index contributed by atoms with van der Waals surface area (Å²) in [6, 6.07) is 13.4. The summed E-state index contributed by atoms with van der Waals surface area (Å²) < 4.78 is 23.4. The van der Waals surface area contributed by atoms with Crippen LogP contribution in [0.25, 0.3) is 0 Å². The summed E-state index contributed by atoms with van der Waals surface area (Å²) in [6.45, 7) is 5.06. The molecule has 160 valence electrons. The fourth-order valence-electron chi connectivity index (χ4n) is 3.80. The van der Waals surface area contributed by atoms with Crippen LogP contribution in [0.5, 0.6) is 0 Å². The molecule has 0 saturated carbocycles. The molecule has 2 aliphatic rings. The summed E-state index contributed by atoms with van der Waals surface area (Å²) in [5.74, 6) is -1.46. The van der Waals surface area contributed by atoms with E-state index in [-0.39, 0.29) is 0 Å². The van der Waals surface area contributed by atoms with Crippen LogP contribution >= 0.6 is 23.2 Å². The summed E-state index contributed by atoms with van der Waals surface area (Å²) in [5.41, 5.74) is -0.612. The van der Waals surface area contributed by atoms with Gasteiger partial charge in [0.1, 0.15) is 17.8 Å². The van der Waals surface area contributed by atoms with Crippen LogP contribution in [0.15, 0.2) is 48.5 Å². The molecule has 2 aliphatic heterocycles. The Balaban J connectivity index is 1.69. The molecule has 0 bridgehead atoms. The van der Waals surface area contributed by atoms with Crippen molar-refractivity contribution in [1.82, 2.24) is 0 Å². The number of carbonyl (C=O) groups excluding carboxylic acids is 1. The van der Waals surface area contributed by atoms with Crippen LogP contribution in [0.3, 0.4) is 0 Å². The van der Waals surface area contributed by atoms with Crippen molar-refractivity contribution in [3.05, 3.63) is 69.7 Å². The minimum absolute atomic E-state index is 0.293. The Morgan fingerprint density at radius 1 is 1.07 bits per heavy atom. The van der Waals surface area contributed by atoms with Gasteiger partial charge in [-0.1, -0.05) is 47.5 Å². The SMILES string of the molecule is CC1(C)O[C@H]2O[C@H]([C@H](OC(=O)c3ccccc3)c3ccc(Cl)c(Cl)c3)[C@@](C)(O)[C@H]2O1. The van der Waals surface area contributed by atoms with E-state index in [1.807, 2.05) is 0 Å². The van der Waals surface area contributed by atoms with Gasteiger partial charge in [0.2, 0.25) is 0 Å². The molecule has 2 aromatic carbocycles. The molecule has 0 aromatic heterocycles. The molecule has 2 saturated heterocycles. The van der Waals surface area contributed by atoms with Crippen molar-refractivity contribution in [3.8, 4) is 0 Å². The lowest BCUT2D eigenvalue weighted by Crippen LogP contribution is -2.49. The van der Waals surface area contributed by atoms with Crippen LogP contribution in [0.4, 0.5) is 0 Å². The second kappa shape index (κ2) is 7.79. The zero-order valence-electron chi connectivity index (χ0n) is 16.7. The van der Waals surface area contributed by atoms with Crippen LogP contribution < -0.4 is 0 Å². The van der Waals surface area contributed by atoms with Gasteiger partial charge in [-0.2, -0.15) is 0 Å². The molecule has 8 heteroatoms. The van der Waals surface area contributed by atoms with Gasteiger partial charge < -0.3 is 24.1 Å². The fourth-order valence-corrected chi connectivity index (χ4v) is 4.10. The number of esters is 1. The lowest BCUT2D eigenvalue weighted by atomic mass is 9.88. The van der Waals surface area contributed by atoms with Gasteiger partial charge in [-0.05, 0) is 50.6 Å². The normalized spacial score (nSPS) is 30.7. The lowest BCUT2D eigenvalue weighted by Gasteiger charge is -2.34. The lowest BCUT2D eigenvalue weighted by molar-refractivity contribution is -0.240. The van der Waals surface area contributed by atoms with Crippen LogP contribution in [-0.2, 0) is 18.9 Å². The van der Waals surface area contributed by atoms with Crippen molar-refractivity contribution >= 4 is 29.2 Å². The van der Waals surface area contributed by atoms with Gasteiger partial charge in [0.05, 0.1) is 15.6 Å². The van der Waals surface area contributed by atoms with E-state index < -0.39 is 42.0 Å². The first-order valence-corrected chi connectivity index (χ1v) is 10.3. The van der Waals surface area contributed by atoms with E-state index in [1.165, 1.54) is 0 Å². The maximum Gasteiger partial charge on any atom is 0.338 e. The van der Waals surface area contributed by atoms with Gasteiger partial charge in [-0.3, -0.25) is 0 Å². The smallest absolute Gasteiger partial charge is 0.338 e. The predicted octanol–water partition coefficient (Wildman–Crippen LogP) is 4.52. The average molecular weight is 453 g/mol. The third kappa shape index (κ3) is 3.96. The molecule has 6 nitrogen and oxygen atoms in total. The number of ether oxygens (including phenoxy) is 4. The first-order chi connectivity index (χ1) is 14.1. The molecule has 1 N–H and O–H groups in total. The van der Waals surface area contributed by atoms with Gasteiger partial charge in [0, 0.05) is 0 Å². The number of halogens is 2. The van der Waals surface area contributed by atoms with Gasteiger partial charge in [-0.15, -0.1) is 0 Å². The van der Waals surface area contributed by atoms with Crippen LogP contribution in [0, 0.1) is 0 Å². The second-order valence-corrected chi connectivity index (χ2v) is 8.89. The fraction of sp³-hybridized carbons (Fsp3) is 0.409. The number of benzene rings is 2. The molecule has 2 fully saturated rings. The van der Waals surface area contributed by atoms with E-state index >= 15 is 0 Å². The highest BCUT2D eigenvalue weighted by Gasteiger charge is 2.63. The highest BCUT2D eigenvalue weighted by Crippen LogP contribution is 2.47. The molecule has 0 spiro atoms. The molecule has 0 unspecified atom stereocenters. The van der Waals surface area contributed by atoms with Gasteiger partial charge in [-0.25, -0.2) is 4.79 Å². The number of aliphatic hydroxyl groups is 1. The number of hydrogen-bond acceptors (Lipinski definition) is 6. The third-order valence-electron chi connectivity index (χ3n) is 5.28. The zero-order chi connectivity index (χ0) is 21.7.